The molecule has 8 nitrogen and oxygen atoms in total. The first-order valence-corrected chi connectivity index (χ1v) is 11.5. The minimum absolute atomic E-state index is 0.124. The lowest BCUT2D eigenvalue weighted by molar-refractivity contribution is -0.137. The molecule has 10 heteroatoms. The zero-order chi connectivity index (χ0) is 18.8. The maximum absolute atomic E-state index is 12.5. The molecule has 2 saturated heterocycles. The smallest absolute Gasteiger partial charge is 0.240 e. The Morgan fingerprint density at radius 1 is 0.808 bits per heavy atom. The number of carbonyl (C=O) groups is 2. The number of carbonyl (C=O) groups excluding carboxylic acids is 2. The molecule has 2 fully saturated rings. The predicted octanol–water partition coefficient (Wildman–Crippen LogP) is -0.739. The van der Waals surface area contributed by atoms with Crippen molar-refractivity contribution in [1.82, 2.24) is 20.4 Å². The second kappa shape index (κ2) is 12.0. The van der Waals surface area contributed by atoms with Crippen molar-refractivity contribution >= 4 is 33.4 Å². The van der Waals surface area contributed by atoms with E-state index in [0.29, 0.717) is 64.1 Å². The second-order valence-electron chi connectivity index (χ2n) is 6.13. The highest BCUT2D eigenvalue weighted by atomic mass is 33.1. The van der Waals surface area contributed by atoms with Crippen molar-refractivity contribution in [1.29, 1.82) is 0 Å². The maximum atomic E-state index is 12.5. The van der Waals surface area contributed by atoms with Gasteiger partial charge in [0.2, 0.25) is 11.8 Å². The third kappa shape index (κ3) is 6.58. The van der Waals surface area contributed by atoms with Crippen LogP contribution in [0.1, 0.15) is 0 Å². The van der Waals surface area contributed by atoms with E-state index in [1.165, 1.54) is 0 Å². The molecule has 0 aromatic heterocycles. The van der Waals surface area contributed by atoms with Crippen molar-refractivity contribution in [2.24, 2.45) is 0 Å². The lowest BCUT2D eigenvalue weighted by atomic mass is 10.2. The molecule has 2 amide bonds. The van der Waals surface area contributed by atoms with Gasteiger partial charge in [-0.15, -0.1) is 0 Å². The average molecular weight is 407 g/mol. The number of nitrogens with zero attached hydrogens (tertiary/aromatic N) is 2. The van der Waals surface area contributed by atoms with Crippen LogP contribution >= 0.6 is 21.6 Å². The van der Waals surface area contributed by atoms with Gasteiger partial charge in [-0.25, -0.2) is 0 Å². The second-order valence-corrected chi connectivity index (χ2v) is 8.68. The summed E-state index contributed by atoms with van der Waals surface area (Å²) < 4.78 is 10.6. The van der Waals surface area contributed by atoms with E-state index in [-0.39, 0.29) is 23.9 Å². The van der Waals surface area contributed by atoms with Gasteiger partial charge >= 0.3 is 0 Å². The largest absolute Gasteiger partial charge is 0.378 e. The quantitative estimate of drug-likeness (QED) is 0.383. The summed E-state index contributed by atoms with van der Waals surface area (Å²) >= 11 is 0. The summed E-state index contributed by atoms with van der Waals surface area (Å²) in [6, 6.07) is -0.429. The van der Waals surface area contributed by atoms with Crippen molar-refractivity contribution in [3.05, 3.63) is 0 Å². The molecule has 0 aliphatic carbocycles. The van der Waals surface area contributed by atoms with E-state index in [4.69, 9.17) is 9.47 Å². The number of amides is 2. The van der Waals surface area contributed by atoms with E-state index in [0.717, 1.165) is 0 Å². The number of hydrogen-bond acceptors (Lipinski definition) is 8. The minimum Gasteiger partial charge on any atom is -0.378 e. The van der Waals surface area contributed by atoms with E-state index in [1.54, 1.807) is 21.6 Å². The molecular weight excluding hydrogens is 376 g/mol. The first-order chi connectivity index (χ1) is 12.7. The Bertz CT molecular complexity index is 406. The fraction of sp³-hybridized carbons (Fsp3) is 0.875. The molecule has 0 saturated carbocycles. The summed E-state index contributed by atoms with van der Waals surface area (Å²) in [5.74, 6) is 1.58. The Morgan fingerprint density at radius 3 is 1.46 bits per heavy atom. The van der Waals surface area contributed by atoms with Gasteiger partial charge in [0.25, 0.3) is 0 Å². The molecule has 2 rings (SSSR count). The zero-order valence-electron chi connectivity index (χ0n) is 15.6. The van der Waals surface area contributed by atoms with Gasteiger partial charge < -0.3 is 29.9 Å². The summed E-state index contributed by atoms with van der Waals surface area (Å²) in [5.41, 5.74) is 0. The highest BCUT2D eigenvalue weighted by molar-refractivity contribution is 8.76. The summed E-state index contributed by atoms with van der Waals surface area (Å²) in [4.78, 5) is 28.8. The molecule has 0 spiro atoms. The molecule has 2 heterocycles. The SMILES string of the molecule is CN[C@@H](CSSC[C@H](NC)C(=O)N1CCOCC1)C(=O)N1CCOCC1. The van der Waals surface area contributed by atoms with Crippen LogP contribution in [-0.4, -0.2) is 112 Å². The topological polar surface area (TPSA) is 83.1 Å². The van der Waals surface area contributed by atoms with Gasteiger partial charge in [0, 0.05) is 37.7 Å². The summed E-state index contributed by atoms with van der Waals surface area (Å²) in [6.07, 6.45) is 0. The van der Waals surface area contributed by atoms with Crippen LogP contribution in [0.5, 0.6) is 0 Å². The summed E-state index contributed by atoms with van der Waals surface area (Å²) in [6.45, 7) is 5.06. The zero-order valence-corrected chi connectivity index (χ0v) is 17.2. The van der Waals surface area contributed by atoms with Crippen LogP contribution in [0.4, 0.5) is 0 Å². The van der Waals surface area contributed by atoms with E-state index >= 15 is 0 Å². The first-order valence-electron chi connectivity index (χ1n) is 8.99. The molecule has 150 valence electrons. The number of likely N-dealkylation sites (N-methyl/N-ethyl adjacent to an activating group) is 2. The molecule has 0 radical (unpaired) electrons. The monoisotopic (exact) mass is 406 g/mol. The Balaban J connectivity index is 1.70. The van der Waals surface area contributed by atoms with E-state index in [9.17, 15) is 9.59 Å². The normalized spacial score (nSPS) is 20.7. The Kier molecular flexibility index (Phi) is 10.1. The standard InChI is InChI=1S/C16H30N4O4S2/c1-17-13(15(21)19-3-7-23-8-4-19)11-25-26-12-14(18-2)16(22)20-5-9-24-10-6-20/h13-14,17-18H,3-12H2,1-2H3/t13-,14-/m0/s1. The number of nitrogens with one attached hydrogen (secondary N) is 2. The van der Waals surface area contributed by atoms with Crippen LogP contribution in [0.3, 0.4) is 0 Å². The Hall–Kier alpha value is -0.520. The van der Waals surface area contributed by atoms with Crippen molar-refractivity contribution in [3.8, 4) is 0 Å². The number of morpholine rings is 2. The molecule has 0 bridgehead atoms. The van der Waals surface area contributed by atoms with Crippen LogP contribution in [-0.2, 0) is 19.1 Å². The lowest BCUT2D eigenvalue weighted by Gasteiger charge is -2.30. The Labute approximate surface area is 163 Å². The van der Waals surface area contributed by atoms with Crippen LogP contribution in [0.15, 0.2) is 0 Å². The van der Waals surface area contributed by atoms with Gasteiger partial charge in [-0.1, -0.05) is 21.6 Å². The minimum atomic E-state index is -0.214. The highest BCUT2D eigenvalue weighted by Crippen LogP contribution is 2.24. The molecule has 0 aromatic rings. The lowest BCUT2D eigenvalue weighted by Crippen LogP contribution is -2.51. The average Bonchev–Trinajstić information content (AvgIpc) is 2.71. The van der Waals surface area contributed by atoms with Gasteiger partial charge in [0.15, 0.2) is 0 Å². The van der Waals surface area contributed by atoms with Crippen molar-refractivity contribution in [2.75, 3.05) is 78.2 Å². The van der Waals surface area contributed by atoms with Crippen molar-refractivity contribution < 1.29 is 19.1 Å². The van der Waals surface area contributed by atoms with Gasteiger partial charge in [0.1, 0.15) is 0 Å². The third-order valence-corrected chi connectivity index (χ3v) is 6.91. The fourth-order valence-electron chi connectivity index (χ4n) is 2.80. The number of rotatable bonds is 9. The summed E-state index contributed by atoms with van der Waals surface area (Å²) in [5, 5.41) is 6.21. The van der Waals surface area contributed by atoms with Gasteiger partial charge in [-0.05, 0) is 14.1 Å². The molecule has 26 heavy (non-hydrogen) atoms. The molecule has 0 aromatic carbocycles. The van der Waals surface area contributed by atoms with Crippen LogP contribution in [0.2, 0.25) is 0 Å². The maximum Gasteiger partial charge on any atom is 0.240 e. The van der Waals surface area contributed by atoms with Crippen molar-refractivity contribution in [2.45, 2.75) is 12.1 Å². The van der Waals surface area contributed by atoms with Crippen LogP contribution < -0.4 is 10.6 Å². The molecular formula is C16H30N4O4S2. The molecule has 2 N–H and O–H groups in total. The molecule has 2 atom stereocenters. The fourth-order valence-corrected chi connectivity index (χ4v) is 5.27. The highest BCUT2D eigenvalue weighted by Gasteiger charge is 2.26. The van der Waals surface area contributed by atoms with E-state index in [1.807, 2.05) is 23.9 Å². The Morgan fingerprint density at radius 2 is 1.15 bits per heavy atom. The van der Waals surface area contributed by atoms with E-state index in [2.05, 4.69) is 10.6 Å². The predicted molar refractivity (Wildman–Crippen MR) is 105 cm³/mol. The van der Waals surface area contributed by atoms with Gasteiger partial charge in [0.05, 0.1) is 38.5 Å². The first kappa shape index (κ1) is 21.8. The van der Waals surface area contributed by atoms with Crippen LogP contribution in [0, 0.1) is 0 Å². The van der Waals surface area contributed by atoms with Gasteiger partial charge in [-0.2, -0.15) is 0 Å². The molecule has 2 aliphatic rings. The molecule has 2 aliphatic heterocycles. The molecule has 0 unspecified atom stereocenters. The van der Waals surface area contributed by atoms with Gasteiger partial charge in [-0.3, -0.25) is 9.59 Å². The van der Waals surface area contributed by atoms with E-state index < -0.39 is 0 Å². The number of hydrogen-bond donors (Lipinski definition) is 2. The summed E-state index contributed by atoms with van der Waals surface area (Å²) in [7, 11) is 6.88. The third-order valence-electron chi connectivity index (χ3n) is 4.49. The number of ether oxygens (including phenoxy) is 2. The van der Waals surface area contributed by atoms with Crippen molar-refractivity contribution in [3.63, 3.8) is 0 Å². The van der Waals surface area contributed by atoms with Crippen LogP contribution in [0.25, 0.3) is 0 Å².